The summed E-state index contributed by atoms with van der Waals surface area (Å²) in [4.78, 5) is 26.0. The third-order valence-corrected chi connectivity index (χ3v) is 6.99. The van der Waals surface area contributed by atoms with Crippen molar-refractivity contribution in [3.8, 4) is 28.9 Å². The van der Waals surface area contributed by atoms with E-state index >= 15 is 4.39 Å². The molecule has 1 aliphatic rings. The van der Waals surface area contributed by atoms with Gasteiger partial charge in [-0.3, -0.25) is 10.4 Å². The van der Waals surface area contributed by atoms with Crippen molar-refractivity contribution in [2.24, 2.45) is 10.7 Å². The number of hydrogen-bond donors (Lipinski definition) is 4. The maximum Gasteiger partial charge on any atom is 0.337 e. The number of aromatic hydroxyl groups is 1. The molecular weight excluding hydrogens is 570 g/mol. The molecule has 0 bridgehead atoms. The Morgan fingerprint density at radius 3 is 2.50 bits per heavy atom. The van der Waals surface area contributed by atoms with Gasteiger partial charge in [0.2, 0.25) is 11.6 Å². The fourth-order valence-electron chi connectivity index (χ4n) is 3.92. The lowest BCUT2D eigenvalue weighted by molar-refractivity contribution is 0.0696. The number of aliphatic imine (C=N–C) groups is 1. The number of benzene rings is 2. The number of nitrogen functional groups attached to an aromatic ring is 1. The summed E-state index contributed by atoms with van der Waals surface area (Å²) in [6.07, 6.45) is 1.97. The monoisotopic (exact) mass is 592 g/mol. The van der Waals surface area contributed by atoms with Crippen LogP contribution in [-0.2, 0) is 0 Å². The van der Waals surface area contributed by atoms with Crippen LogP contribution in [0.1, 0.15) is 21.5 Å². The molecule has 0 fully saturated rings. The number of hydrogen-bond acceptors (Lipinski definition) is 10. The van der Waals surface area contributed by atoms with E-state index in [1.54, 1.807) is 18.2 Å². The van der Waals surface area contributed by atoms with Crippen molar-refractivity contribution in [1.29, 1.82) is 5.41 Å². The molecule has 11 nitrogen and oxygen atoms in total. The zero-order chi connectivity index (χ0) is 30.0. The van der Waals surface area contributed by atoms with Gasteiger partial charge >= 0.3 is 5.97 Å². The number of nitrogens with one attached hydrogen (secondary N) is 1. The van der Waals surface area contributed by atoms with Crippen molar-refractivity contribution in [2.75, 3.05) is 20.1 Å². The van der Waals surface area contributed by atoms with Gasteiger partial charge in [0.25, 0.3) is 5.88 Å². The summed E-state index contributed by atoms with van der Waals surface area (Å²) < 4.78 is 41.6. The summed E-state index contributed by atoms with van der Waals surface area (Å²) in [6, 6.07) is 11.7. The lowest BCUT2D eigenvalue weighted by Gasteiger charge is -2.19. The van der Waals surface area contributed by atoms with E-state index in [9.17, 15) is 14.3 Å². The summed E-state index contributed by atoms with van der Waals surface area (Å²) >= 11 is 1.25. The molecule has 3 heterocycles. The van der Waals surface area contributed by atoms with Crippen LogP contribution in [0.4, 0.5) is 8.78 Å². The van der Waals surface area contributed by atoms with Crippen molar-refractivity contribution in [3.63, 3.8) is 0 Å². The minimum Gasteiger partial charge on any atom is -0.504 e. The Morgan fingerprint density at radius 2 is 1.83 bits per heavy atom. The van der Waals surface area contributed by atoms with Gasteiger partial charge in [0.05, 0.1) is 23.9 Å². The molecule has 1 aliphatic heterocycles. The number of nitrogens with two attached hydrogens (primary N) is 1. The van der Waals surface area contributed by atoms with Crippen LogP contribution in [0.3, 0.4) is 0 Å². The Kier molecular flexibility index (Phi) is 7.88. The van der Waals surface area contributed by atoms with Gasteiger partial charge in [0, 0.05) is 30.2 Å². The number of carboxylic acids is 1. The number of rotatable bonds is 9. The molecule has 14 heteroatoms. The quantitative estimate of drug-likeness (QED) is 0.155. The maximum absolute atomic E-state index is 15.5. The molecule has 0 spiro atoms. The Labute approximate surface area is 241 Å². The summed E-state index contributed by atoms with van der Waals surface area (Å²) in [5.41, 5.74) is 6.19. The first kappa shape index (κ1) is 28.3. The number of nitrogens with zero attached hydrogens (tertiary/aromatic N) is 4. The number of carboxylic acid groups (broad SMARTS) is 1. The van der Waals surface area contributed by atoms with Crippen molar-refractivity contribution in [2.45, 2.75) is 9.92 Å². The molecule has 0 saturated carbocycles. The fourth-order valence-corrected chi connectivity index (χ4v) is 4.72. The summed E-state index contributed by atoms with van der Waals surface area (Å²) in [7, 11) is 1.82. The van der Waals surface area contributed by atoms with Crippen LogP contribution in [0.5, 0.6) is 28.9 Å². The molecule has 0 radical (unpaired) electrons. The maximum atomic E-state index is 15.5. The standard InChI is InChI=1S/C28H22F2N6O5S/c1-36-9-8-33-26(36)17-11-16(42-22-7-3-15(12-34-22)28(38)39)4-6-20(17)40-24-18(29)13-35-27(23(24)30)41-21-10-14(25(31)32)2-5-19(21)37/h2-7,10-13,37H,8-9H2,1H3,(H3,31,32)(H,38,39). The average molecular weight is 593 g/mol. The summed E-state index contributed by atoms with van der Waals surface area (Å²) in [5.74, 6) is -5.23. The highest BCUT2D eigenvalue weighted by Gasteiger charge is 2.25. The third-order valence-electron chi connectivity index (χ3n) is 6.04. The van der Waals surface area contributed by atoms with Gasteiger partial charge in [0.1, 0.15) is 22.4 Å². The van der Waals surface area contributed by atoms with Gasteiger partial charge in [0.15, 0.2) is 17.3 Å². The topological polar surface area (TPSA) is 167 Å². The van der Waals surface area contributed by atoms with Crippen LogP contribution in [0.15, 0.2) is 75.8 Å². The number of aromatic nitrogens is 2. The number of halogens is 2. The lowest BCUT2D eigenvalue weighted by Crippen LogP contribution is -2.24. The minimum absolute atomic E-state index is 0.0530. The van der Waals surface area contributed by atoms with Gasteiger partial charge in [-0.2, -0.15) is 4.39 Å². The number of carbonyl (C=O) groups is 1. The molecule has 5 rings (SSSR count). The number of phenols is 1. The van der Waals surface area contributed by atoms with Gasteiger partial charge < -0.3 is 30.3 Å². The number of phenolic OH excluding ortho intramolecular Hbond substituents is 1. The number of ether oxygens (including phenoxy) is 2. The number of likely N-dealkylation sites (N-methyl/N-ethyl adjacent to an activating group) is 1. The van der Waals surface area contributed by atoms with E-state index in [1.165, 1.54) is 48.3 Å². The van der Waals surface area contributed by atoms with E-state index in [-0.39, 0.29) is 34.2 Å². The largest absolute Gasteiger partial charge is 0.504 e. The van der Waals surface area contributed by atoms with Gasteiger partial charge in [-0.25, -0.2) is 19.2 Å². The highest BCUT2D eigenvalue weighted by molar-refractivity contribution is 7.99. The van der Waals surface area contributed by atoms with Crippen LogP contribution in [-0.4, -0.2) is 62.9 Å². The van der Waals surface area contributed by atoms with Crippen LogP contribution in [0, 0.1) is 17.0 Å². The second kappa shape index (κ2) is 11.7. The molecule has 0 unspecified atom stereocenters. The third kappa shape index (κ3) is 5.93. The normalized spacial score (nSPS) is 12.6. The molecule has 4 aromatic rings. The second-order valence-electron chi connectivity index (χ2n) is 8.93. The van der Waals surface area contributed by atoms with Crippen molar-refractivity contribution >= 4 is 29.4 Å². The lowest BCUT2D eigenvalue weighted by atomic mass is 10.1. The Hall–Kier alpha value is -5.24. The van der Waals surface area contributed by atoms with Crippen LogP contribution >= 0.6 is 11.8 Å². The number of aromatic carboxylic acids is 1. The first-order valence-electron chi connectivity index (χ1n) is 12.2. The molecule has 0 aliphatic carbocycles. The molecule has 0 amide bonds. The first-order chi connectivity index (χ1) is 20.1. The van der Waals surface area contributed by atoms with Crippen molar-refractivity contribution in [3.05, 3.63) is 89.2 Å². The van der Waals surface area contributed by atoms with Crippen LogP contribution in [0.2, 0.25) is 0 Å². The number of pyridine rings is 2. The van der Waals surface area contributed by atoms with E-state index in [1.807, 2.05) is 11.9 Å². The van der Waals surface area contributed by atoms with Crippen molar-refractivity contribution in [1.82, 2.24) is 14.9 Å². The molecule has 2 aromatic carbocycles. The smallest absolute Gasteiger partial charge is 0.337 e. The Bertz CT molecular complexity index is 1740. The molecule has 2 aromatic heterocycles. The second-order valence-corrected chi connectivity index (χ2v) is 10.0. The molecular formula is C28H22F2N6O5S. The van der Waals surface area contributed by atoms with E-state index in [4.69, 9.17) is 25.7 Å². The first-order valence-corrected chi connectivity index (χ1v) is 13.1. The zero-order valence-electron chi connectivity index (χ0n) is 21.8. The molecule has 0 saturated heterocycles. The zero-order valence-corrected chi connectivity index (χ0v) is 22.7. The molecule has 42 heavy (non-hydrogen) atoms. The predicted octanol–water partition coefficient (Wildman–Crippen LogP) is 4.87. The van der Waals surface area contributed by atoms with Crippen molar-refractivity contribution < 1.29 is 33.3 Å². The van der Waals surface area contributed by atoms with Gasteiger partial charge in [-0.05, 0) is 48.5 Å². The predicted molar refractivity (Wildman–Crippen MR) is 149 cm³/mol. The van der Waals surface area contributed by atoms with Gasteiger partial charge in [-0.1, -0.05) is 11.8 Å². The SMILES string of the molecule is CN1CCN=C1c1cc(Sc2ccc(C(=O)O)cn2)ccc1Oc1c(F)cnc(Oc2cc(C(=N)N)ccc2O)c1F. The van der Waals surface area contributed by atoms with Gasteiger partial charge in [-0.15, -0.1) is 0 Å². The summed E-state index contributed by atoms with van der Waals surface area (Å²) in [5, 5.41) is 27.3. The molecule has 0 atom stereocenters. The Balaban J connectivity index is 1.48. The van der Waals surface area contributed by atoms with E-state index < -0.39 is 29.2 Å². The highest BCUT2D eigenvalue weighted by Crippen LogP contribution is 2.39. The molecule has 5 N–H and O–H groups in total. The summed E-state index contributed by atoms with van der Waals surface area (Å²) in [6.45, 7) is 1.14. The average Bonchev–Trinajstić information content (AvgIpc) is 3.39. The van der Waals surface area contributed by atoms with Crippen LogP contribution < -0.4 is 15.2 Å². The van der Waals surface area contributed by atoms with E-state index in [2.05, 4.69) is 15.0 Å². The van der Waals surface area contributed by atoms with Crippen LogP contribution in [0.25, 0.3) is 0 Å². The Morgan fingerprint density at radius 1 is 1.05 bits per heavy atom. The highest BCUT2D eigenvalue weighted by atomic mass is 32.2. The van der Waals surface area contributed by atoms with E-state index in [0.29, 0.717) is 34.4 Å². The fraction of sp³-hybridized carbons (Fsp3) is 0.107. The van der Waals surface area contributed by atoms with E-state index in [0.717, 1.165) is 6.20 Å². The number of amidine groups is 2. The molecule has 214 valence electrons. The minimum atomic E-state index is -1.27.